The summed E-state index contributed by atoms with van der Waals surface area (Å²) in [4.78, 5) is 12.6. The Morgan fingerprint density at radius 2 is 2.25 bits per heavy atom. The van der Waals surface area contributed by atoms with E-state index in [0.29, 0.717) is 0 Å². The van der Waals surface area contributed by atoms with Crippen LogP contribution in [-0.2, 0) is 11.3 Å². The van der Waals surface area contributed by atoms with Crippen LogP contribution in [0.3, 0.4) is 0 Å². The van der Waals surface area contributed by atoms with Gasteiger partial charge in [0.1, 0.15) is 6.33 Å². The van der Waals surface area contributed by atoms with Crippen LogP contribution in [0.15, 0.2) is 30.6 Å². The summed E-state index contributed by atoms with van der Waals surface area (Å²) in [5.41, 5.74) is 2.06. The number of hydrogen-bond acceptors (Lipinski definition) is 4. The molecule has 2 aliphatic rings. The minimum atomic E-state index is 0.158. The molecule has 4 rings (SSSR count). The zero-order chi connectivity index (χ0) is 16.6. The molecule has 6 nitrogen and oxygen atoms in total. The van der Waals surface area contributed by atoms with E-state index in [1.807, 2.05) is 28.8 Å². The van der Waals surface area contributed by atoms with Gasteiger partial charge < -0.3 is 15.2 Å². The lowest BCUT2D eigenvalue weighted by molar-refractivity contribution is -0.118. The van der Waals surface area contributed by atoms with Crippen molar-refractivity contribution in [1.82, 2.24) is 20.1 Å². The molecule has 0 radical (unpaired) electrons. The van der Waals surface area contributed by atoms with Crippen molar-refractivity contribution >= 4 is 11.6 Å². The molecule has 24 heavy (non-hydrogen) atoms. The second-order valence-corrected chi connectivity index (χ2v) is 6.88. The number of aryl methyl sites for hydroxylation is 1. The number of carbonyl (C=O) groups is 1. The lowest BCUT2D eigenvalue weighted by Gasteiger charge is -2.23. The Kier molecular flexibility index (Phi) is 3.84. The molecule has 1 unspecified atom stereocenters. The molecule has 1 spiro atoms. The van der Waals surface area contributed by atoms with E-state index >= 15 is 0 Å². The predicted octanol–water partition coefficient (Wildman–Crippen LogP) is 2.29. The van der Waals surface area contributed by atoms with E-state index < -0.39 is 0 Å². The van der Waals surface area contributed by atoms with Gasteiger partial charge in [0.2, 0.25) is 5.91 Å². The number of anilines is 1. The van der Waals surface area contributed by atoms with Gasteiger partial charge in [-0.25, -0.2) is 0 Å². The SMILES string of the molecule is CCn1cnnc1-c1cccc(NC(=O)C2CC23CCNCC3)c1. The minimum absolute atomic E-state index is 0.158. The highest BCUT2D eigenvalue weighted by Gasteiger charge is 2.57. The molecule has 2 heterocycles. The van der Waals surface area contributed by atoms with Crippen molar-refractivity contribution in [3.63, 3.8) is 0 Å². The fourth-order valence-electron chi connectivity index (χ4n) is 3.87. The summed E-state index contributed by atoms with van der Waals surface area (Å²) in [6, 6.07) is 7.86. The van der Waals surface area contributed by atoms with Crippen LogP contribution < -0.4 is 10.6 Å². The summed E-state index contributed by atoms with van der Waals surface area (Å²) in [7, 11) is 0. The molecular formula is C18H23N5O. The fraction of sp³-hybridized carbons (Fsp3) is 0.500. The maximum absolute atomic E-state index is 12.6. The van der Waals surface area contributed by atoms with Crippen LogP contribution >= 0.6 is 0 Å². The molecule has 1 saturated heterocycles. The Morgan fingerprint density at radius 3 is 3.04 bits per heavy atom. The molecule has 2 aromatic rings. The van der Waals surface area contributed by atoms with Gasteiger partial charge in [-0.1, -0.05) is 12.1 Å². The third-order valence-corrected chi connectivity index (χ3v) is 5.45. The fourth-order valence-corrected chi connectivity index (χ4v) is 3.87. The molecule has 1 aliphatic heterocycles. The van der Waals surface area contributed by atoms with Gasteiger partial charge in [-0.3, -0.25) is 4.79 Å². The summed E-state index contributed by atoms with van der Waals surface area (Å²) in [5, 5.41) is 14.6. The molecule has 6 heteroatoms. The number of nitrogens with one attached hydrogen (secondary N) is 2. The number of rotatable bonds is 4. The summed E-state index contributed by atoms with van der Waals surface area (Å²) in [6.45, 7) is 4.94. The van der Waals surface area contributed by atoms with E-state index in [-0.39, 0.29) is 17.2 Å². The maximum atomic E-state index is 12.6. The number of aromatic nitrogens is 3. The van der Waals surface area contributed by atoms with Gasteiger partial charge in [-0.15, -0.1) is 10.2 Å². The standard InChI is InChI=1S/C18H23N5O/c1-2-23-12-20-22-16(23)13-4-3-5-14(10-13)21-17(24)15-11-18(15)6-8-19-9-7-18/h3-5,10,12,15,19H,2,6-9,11H2,1H3,(H,21,24). The van der Waals surface area contributed by atoms with Gasteiger partial charge in [0.25, 0.3) is 0 Å². The van der Waals surface area contributed by atoms with Crippen LogP contribution in [0.25, 0.3) is 11.4 Å². The molecule has 1 aromatic heterocycles. The summed E-state index contributed by atoms with van der Waals surface area (Å²) >= 11 is 0. The van der Waals surface area contributed by atoms with E-state index in [0.717, 1.165) is 56.0 Å². The van der Waals surface area contributed by atoms with Gasteiger partial charge in [-0.05, 0) is 56.8 Å². The molecule has 126 valence electrons. The number of nitrogens with zero attached hydrogens (tertiary/aromatic N) is 3. The molecule has 2 N–H and O–H groups in total. The largest absolute Gasteiger partial charge is 0.326 e. The van der Waals surface area contributed by atoms with Gasteiger partial charge in [0.05, 0.1) is 0 Å². The average molecular weight is 325 g/mol. The monoisotopic (exact) mass is 325 g/mol. The highest BCUT2D eigenvalue weighted by Crippen LogP contribution is 2.58. The second kappa shape index (κ2) is 6.02. The Morgan fingerprint density at radius 1 is 1.42 bits per heavy atom. The Hall–Kier alpha value is -2.21. The summed E-state index contributed by atoms with van der Waals surface area (Å²) in [6.07, 6.45) is 4.99. The number of hydrogen-bond donors (Lipinski definition) is 2. The number of benzene rings is 1. The lowest BCUT2D eigenvalue weighted by Crippen LogP contribution is -2.31. The third kappa shape index (κ3) is 2.71. The van der Waals surface area contributed by atoms with Crippen molar-refractivity contribution < 1.29 is 4.79 Å². The van der Waals surface area contributed by atoms with E-state index in [9.17, 15) is 4.79 Å². The first-order valence-electron chi connectivity index (χ1n) is 8.72. The van der Waals surface area contributed by atoms with Crippen molar-refractivity contribution in [2.24, 2.45) is 11.3 Å². The van der Waals surface area contributed by atoms with Gasteiger partial charge in [0, 0.05) is 23.7 Å². The van der Waals surface area contributed by atoms with Crippen LogP contribution in [0.5, 0.6) is 0 Å². The minimum Gasteiger partial charge on any atom is -0.326 e. The van der Waals surface area contributed by atoms with Crippen molar-refractivity contribution in [2.75, 3.05) is 18.4 Å². The molecular weight excluding hydrogens is 302 g/mol. The van der Waals surface area contributed by atoms with Crippen LogP contribution in [0.1, 0.15) is 26.2 Å². The van der Waals surface area contributed by atoms with Crippen molar-refractivity contribution in [3.05, 3.63) is 30.6 Å². The van der Waals surface area contributed by atoms with Crippen molar-refractivity contribution in [3.8, 4) is 11.4 Å². The zero-order valence-electron chi connectivity index (χ0n) is 14.0. The maximum Gasteiger partial charge on any atom is 0.228 e. The normalized spacial score (nSPS) is 21.6. The number of carbonyl (C=O) groups excluding carboxylic acids is 1. The van der Waals surface area contributed by atoms with E-state index in [2.05, 4.69) is 27.8 Å². The van der Waals surface area contributed by atoms with E-state index in [1.165, 1.54) is 0 Å². The Balaban J connectivity index is 1.48. The average Bonchev–Trinajstić information content (AvgIpc) is 3.08. The van der Waals surface area contributed by atoms with Crippen LogP contribution in [-0.4, -0.2) is 33.8 Å². The Labute approximate surface area is 141 Å². The first kappa shape index (κ1) is 15.3. The first-order chi connectivity index (χ1) is 11.7. The third-order valence-electron chi connectivity index (χ3n) is 5.45. The van der Waals surface area contributed by atoms with Gasteiger partial charge in [-0.2, -0.15) is 0 Å². The zero-order valence-corrected chi connectivity index (χ0v) is 14.0. The Bertz CT molecular complexity index is 747. The second-order valence-electron chi connectivity index (χ2n) is 6.88. The number of piperidine rings is 1. The molecule has 1 atom stereocenters. The molecule has 1 aromatic carbocycles. The molecule has 0 bridgehead atoms. The summed E-state index contributed by atoms with van der Waals surface area (Å²) < 4.78 is 1.99. The molecule has 1 aliphatic carbocycles. The first-order valence-corrected chi connectivity index (χ1v) is 8.72. The highest BCUT2D eigenvalue weighted by atomic mass is 16.2. The lowest BCUT2D eigenvalue weighted by atomic mass is 9.92. The van der Waals surface area contributed by atoms with Gasteiger partial charge in [0.15, 0.2) is 5.82 Å². The molecule has 2 fully saturated rings. The quantitative estimate of drug-likeness (QED) is 0.905. The predicted molar refractivity (Wildman–Crippen MR) is 92.4 cm³/mol. The van der Waals surface area contributed by atoms with Gasteiger partial charge >= 0.3 is 0 Å². The summed E-state index contributed by atoms with van der Waals surface area (Å²) in [5.74, 6) is 1.16. The van der Waals surface area contributed by atoms with Crippen LogP contribution in [0, 0.1) is 11.3 Å². The topological polar surface area (TPSA) is 71.8 Å². The highest BCUT2D eigenvalue weighted by molar-refractivity contribution is 5.95. The molecule has 1 saturated carbocycles. The van der Waals surface area contributed by atoms with Crippen LogP contribution in [0.2, 0.25) is 0 Å². The molecule has 1 amide bonds. The van der Waals surface area contributed by atoms with E-state index in [4.69, 9.17) is 0 Å². The van der Waals surface area contributed by atoms with E-state index in [1.54, 1.807) is 6.33 Å². The van der Waals surface area contributed by atoms with Crippen molar-refractivity contribution in [2.45, 2.75) is 32.7 Å². The number of amides is 1. The van der Waals surface area contributed by atoms with Crippen LogP contribution in [0.4, 0.5) is 5.69 Å². The smallest absolute Gasteiger partial charge is 0.228 e. The van der Waals surface area contributed by atoms with Crippen molar-refractivity contribution in [1.29, 1.82) is 0 Å².